The van der Waals surface area contributed by atoms with E-state index < -0.39 is 0 Å². The Bertz CT molecular complexity index is 1250. The van der Waals surface area contributed by atoms with Crippen LogP contribution in [0.4, 0.5) is 15.9 Å². The molecule has 0 saturated heterocycles. The Morgan fingerprint density at radius 3 is 2.61 bits per heavy atom. The summed E-state index contributed by atoms with van der Waals surface area (Å²) in [5.74, 6) is 1.23. The molecular formula is C28H36FN5O4. The number of hydrogen-bond donors (Lipinski definition) is 3. The fourth-order valence-corrected chi connectivity index (χ4v) is 4.93. The predicted octanol–water partition coefficient (Wildman–Crippen LogP) is 4.12. The van der Waals surface area contributed by atoms with Crippen LogP contribution in [0.25, 0.3) is 10.9 Å². The molecule has 0 amide bonds. The maximum Gasteiger partial charge on any atom is 0.323 e. The van der Waals surface area contributed by atoms with Gasteiger partial charge in [0, 0.05) is 24.5 Å². The molecule has 1 aromatic heterocycles. The Morgan fingerprint density at radius 2 is 1.89 bits per heavy atom. The minimum absolute atomic E-state index is 0.0385. The molecule has 1 fully saturated rings. The lowest BCUT2D eigenvalue weighted by atomic mass is 9.82. The number of nitrogens with one attached hydrogen (secondary N) is 3. The van der Waals surface area contributed by atoms with Crippen molar-refractivity contribution in [3.8, 4) is 11.5 Å². The van der Waals surface area contributed by atoms with Gasteiger partial charge < -0.3 is 30.2 Å². The van der Waals surface area contributed by atoms with Gasteiger partial charge in [0.2, 0.25) is 0 Å². The third-order valence-electron chi connectivity index (χ3n) is 7.04. The van der Waals surface area contributed by atoms with E-state index in [9.17, 15) is 9.18 Å². The Morgan fingerprint density at radius 1 is 1.11 bits per heavy atom. The number of fused-ring (bicyclic) bond motifs is 1. The monoisotopic (exact) mass is 525 g/mol. The molecule has 0 radical (unpaired) electrons. The van der Waals surface area contributed by atoms with Gasteiger partial charge in [0.1, 0.15) is 24.0 Å². The average molecular weight is 526 g/mol. The predicted molar refractivity (Wildman–Crippen MR) is 145 cm³/mol. The molecule has 1 atom stereocenters. The van der Waals surface area contributed by atoms with Gasteiger partial charge in [-0.1, -0.05) is 12.1 Å². The summed E-state index contributed by atoms with van der Waals surface area (Å²) in [4.78, 5) is 21.1. The number of aryl methyl sites for hydroxylation is 1. The lowest BCUT2D eigenvalue weighted by Gasteiger charge is -2.33. The molecule has 1 aliphatic rings. The highest BCUT2D eigenvalue weighted by atomic mass is 19.1. The molecule has 10 heteroatoms. The van der Waals surface area contributed by atoms with Crippen molar-refractivity contribution in [3.63, 3.8) is 0 Å². The van der Waals surface area contributed by atoms with Crippen LogP contribution in [0.3, 0.4) is 0 Å². The maximum absolute atomic E-state index is 14.7. The average Bonchev–Trinajstić information content (AvgIpc) is 2.94. The van der Waals surface area contributed by atoms with Crippen LogP contribution in [0.1, 0.15) is 31.2 Å². The number of methoxy groups -OCH3 is 2. The van der Waals surface area contributed by atoms with E-state index >= 15 is 0 Å². The fourth-order valence-electron chi connectivity index (χ4n) is 4.93. The second kappa shape index (κ2) is 12.8. The molecule has 2 aromatic carbocycles. The van der Waals surface area contributed by atoms with Gasteiger partial charge in [-0.3, -0.25) is 4.79 Å². The van der Waals surface area contributed by atoms with Gasteiger partial charge in [-0.2, -0.15) is 0 Å². The highest BCUT2D eigenvalue weighted by Gasteiger charge is 2.33. The molecule has 0 bridgehead atoms. The van der Waals surface area contributed by atoms with E-state index in [4.69, 9.17) is 14.2 Å². The molecule has 3 aromatic rings. The molecule has 0 spiro atoms. The normalized spacial score (nSPS) is 18.1. The zero-order valence-electron chi connectivity index (χ0n) is 22.3. The van der Waals surface area contributed by atoms with Gasteiger partial charge in [0.05, 0.1) is 31.5 Å². The Kier molecular flexibility index (Phi) is 9.30. The Labute approximate surface area is 222 Å². The third kappa shape index (κ3) is 6.31. The van der Waals surface area contributed by atoms with E-state index in [1.165, 1.54) is 13.4 Å². The van der Waals surface area contributed by atoms with Crippen LogP contribution in [0.15, 0.2) is 36.7 Å². The number of carbonyl (C=O) groups is 1. The summed E-state index contributed by atoms with van der Waals surface area (Å²) >= 11 is 0. The Balaban J connectivity index is 1.51. The molecule has 1 heterocycles. The first-order valence-electron chi connectivity index (χ1n) is 12.9. The second-order valence-corrected chi connectivity index (χ2v) is 9.52. The second-order valence-electron chi connectivity index (χ2n) is 9.52. The smallest absolute Gasteiger partial charge is 0.323 e. The SMILES string of the molecule is CNCCN[C@H](C(=O)OC)C1CCC(Oc2cc3c(Nc4cccc(C)c4F)ncnc3cc2OC)CC1. The summed E-state index contributed by atoms with van der Waals surface area (Å²) in [6.45, 7) is 3.17. The summed E-state index contributed by atoms with van der Waals surface area (Å²) < 4.78 is 31.7. The van der Waals surface area contributed by atoms with E-state index in [0.717, 1.165) is 32.2 Å². The Hall–Kier alpha value is -3.50. The molecule has 38 heavy (non-hydrogen) atoms. The number of hydrogen-bond acceptors (Lipinski definition) is 9. The van der Waals surface area contributed by atoms with Crippen LogP contribution in [0.2, 0.25) is 0 Å². The first-order chi connectivity index (χ1) is 18.4. The first-order valence-corrected chi connectivity index (χ1v) is 12.9. The van der Waals surface area contributed by atoms with Gasteiger partial charge in [0.25, 0.3) is 0 Å². The minimum Gasteiger partial charge on any atom is -0.493 e. The lowest BCUT2D eigenvalue weighted by molar-refractivity contribution is -0.145. The molecule has 4 rings (SSSR count). The number of benzene rings is 2. The zero-order valence-corrected chi connectivity index (χ0v) is 22.3. The van der Waals surface area contributed by atoms with E-state index in [1.807, 2.05) is 13.1 Å². The molecule has 0 aliphatic heterocycles. The standard InChI is InChI=1S/C28H36FN5O4/c1-17-6-5-7-21(25(17)29)34-27-20-14-24(23(36-3)15-22(20)32-16-33-27)38-19-10-8-18(9-11-19)26(28(35)37-4)31-13-12-30-2/h5-7,14-16,18-19,26,30-31H,8-13H2,1-4H3,(H,32,33,34)/t18?,19?,26-/m0/s1. The fraction of sp³-hybridized carbons (Fsp3) is 0.464. The molecule has 0 unspecified atom stereocenters. The summed E-state index contributed by atoms with van der Waals surface area (Å²) in [7, 11) is 4.89. The summed E-state index contributed by atoms with van der Waals surface area (Å²) in [5.41, 5.74) is 1.53. The molecule has 9 nitrogen and oxygen atoms in total. The van der Waals surface area contributed by atoms with Crippen molar-refractivity contribution in [3.05, 3.63) is 48.0 Å². The van der Waals surface area contributed by atoms with Crippen LogP contribution in [-0.2, 0) is 9.53 Å². The van der Waals surface area contributed by atoms with Crippen LogP contribution in [0.5, 0.6) is 11.5 Å². The third-order valence-corrected chi connectivity index (χ3v) is 7.04. The number of carbonyl (C=O) groups excluding carboxylic acids is 1. The van der Waals surface area contributed by atoms with Gasteiger partial charge in [0.15, 0.2) is 11.5 Å². The van der Waals surface area contributed by atoms with Gasteiger partial charge in [-0.05, 0) is 63.3 Å². The van der Waals surface area contributed by atoms with Crippen molar-refractivity contribution in [2.75, 3.05) is 39.7 Å². The molecular weight excluding hydrogens is 489 g/mol. The van der Waals surface area contributed by atoms with Crippen molar-refractivity contribution < 1.29 is 23.4 Å². The summed E-state index contributed by atoms with van der Waals surface area (Å²) in [6, 6.07) is 8.49. The quantitative estimate of drug-likeness (QED) is 0.252. The van der Waals surface area contributed by atoms with Crippen molar-refractivity contribution in [2.24, 2.45) is 5.92 Å². The number of nitrogens with zero attached hydrogens (tertiary/aromatic N) is 2. The summed E-state index contributed by atoms with van der Waals surface area (Å²) in [5, 5.41) is 10.2. The van der Waals surface area contributed by atoms with E-state index in [-0.39, 0.29) is 29.9 Å². The van der Waals surface area contributed by atoms with E-state index in [0.29, 0.717) is 46.0 Å². The van der Waals surface area contributed by atoms with Crippen LogP contribution < -0.4 is 25.4 Å². The van der Waals surface area contributed by atoms with Gasteiger partial charge in [-0.15, -0.1) is 0 Å². The molecule has 204 valence electrons. The van der Waals surface area contributed by atoms with E-state index in [1.54, 1.807) is 38.3 Å². The summed E-state index contributed by atoms with van der Waals surface area (Å²) in [6.07, 6.45) is 4.63. The molecule has 1 saturated carbocycles. The maximum atomic E-state index is 14.7. The van der Waals surface area contributed by atoms with Crippen LogP contribution in [0, 0.1) is 18.7 Å². The number of ether oxygens (including phenoxy) is 3. The topological polar surface area (TPSA) is 107 Å². The molecule has 3 N–H and O–H groups in total. The highest BCUT2D eigenvalue weighted by molar-refractivity contribution is 5.93. The highest BCUT2D eigenvalue weighted by Crippen LogP contribution is 2.38. The first kappa shape index (κ1) is 27.5. The van der Waals surface area contributed by atoms with Gasteiger partial charge in [-0.25, -0.2) is 14.4 Å². The largest absolute Gasteiger partial charge is 0.493 e. The number of esters is 1. The lowest BCUT2D eigenvalue weighted by Crippen LogP contribution is -2.47. The number of aromatic nitrogens is 2. The van der Waals surface area contributed by atoms with Crippen molar-refractivity contribution >= 4 is 28.4 Å². The number of likely N-dealkylation sites (N-methyl/N-ethyl adjacent to an activating group) is 1. The molecule has 1 aliphatic carbocycles. The van der Waals surface area contributed by atoms with Crippen LogP contribution in [-0.4, -0.2) is 62.4 Å². The number of anilines is 2. The van der Waals surface area contributed by atoms with Crippen molar-refractivity contribution in [2.45, 2.75) is 44.8 Å². The number of rotatable bonds is 11. The van der Waals surface area contributed by atoms with Crippen LogP contribution >= 0.6 is 0 Å². The van der Waals surface area contributed by atoms with Crippen molar-refractivity contribution in [1.29, 1.82) is 0 Å². The number of halogens is 1. The van der Waals surface area contributed by atoms with Crippen molar-refractivity contribution in [1.82, 2.24) is 20.6 Å². The zero-order chi connectivity index (χ0) is 27.1. The minimum atomic E-state index is -0.336. The van der Waals surface area contributed by atoms with E-state index in [2.05, 4.69) is 25.9 Å². The van der Waals surface area contributed by atoms with Gasteiger partial charge >= 0.3 is 5.97 Å².